The van der Waals surface area contributed by atoms with E-state index in [-0.39, 0.29) is 5.91 Å². The molecular formula is C23H28N2O. The highest BCUT2D eigenvalue weighted by Crippen LogP contribution is 2.54. The van der Waals surface area contributed by atoms with E-state index in [4.69, 9.17) is 0 Å². The maximum Gasteiger partial charge on any atom is 0.220 e. The van der Waals surface area contributed by atoms with Gasteiger partial charge in [0.2, 0.25) is 5.91 Å². The van der Waals surface area contributed by atoms with E-state index in [0.29, 0.717) is 30.7 Å². The van der Waals surface area contributed by atoms with Gasteiger partial charge in [0.15, 0.2) is 0 Å². The number of pyridine rings is 1. The molecule has 1 N–H and O–H groups in total. The Morgan fingerprint density at radius 1 is 1.04 bits per heavy atom. The van der Waals surface area contributed by atoms with Crippen LogP contribution in [0.25, 0.3) is 0 Å². The van der Waals surface area contributed by atoms with Gasteiger partial charge < -0.3 is 5.32 Å². The molecule has 2 aromatic rings. The zero-order chi connectivity index (χ0) is 17.9. The smallest absolute Gasteiger partial charge is 0.220 e. The number of nitrogens with zero attached hydrogens (tertiary/aromatic N) is 1. The Morgan fingerprint density at radius 3 is 2.58 bits per heavy atom. The van der Waals surface area contributed by atoms with Crippen molar-refractivity contribution in [3.63, 3.8) is 0 Å². The van der Waals surface area contributed by atoms with Crippen molar-refractivity contribution in [2.24, 2.45) is 11.8 Å². The molecule has 1 heterocycles. The van der Waals surface area contributed by atoms with E-state index in [9.17, 15) is 4.79 Å². The molecule has 3 heteroatoms. The molecule has 4 atom stereocenters. The van der Waals surface area contributed by atoms with Gasteiger partial charge in [-0.15, -0.1) is 0 Å². The highest BCUT2D eigenvalue weighted by atomic mass is 16.1. The van der Waals surface area contributed by atoms with Gasteiger partial charge in [-0.05, 0) is 55.7 Å². The third-order valence-corrected chi connectivity index (χ3v) is 6.25. The third-order valence-electron chi connectivity index (χ3n) is 6.25. The number of aryl methyl sites for hydroxylation is 2. The maximum absolute atomic E-state index is 12.6. The molecule has 0 spiro atoms. The van der Waals surface area contributed by atoms with Gasteiger partial charge in [0.25, 0.3) is 0 Å². The summed E-state index contributed by atoms with van der Waals surface area (Å²) in [5.74, 6) is 2.07. The number of benzene rings is 1. The second-order valence-electron chi connectivity index (χ2n) is 7.91. The second kappa shape index (κ2) is 7.61. The van der Waals surface area contributed by atoms with Gasteiger partial charge in [0.1, 0.15) is 0 Å². The Kier molecular flexibility index (Phi) is 5.05. The summed E-state index contributed by atoms with van der Waals surface area (Å²) in [5, 5.41) is 3.38. The van der Waals surface area contributed by atoms with Crippen molar-refractivity contribution >= 4 is 5.91 Å². The van der Waals surface area contributed by atoms with Crippen LogP contribution in [-0.2, 0) is 11.2 Å². The number of carbonyl (C=O) groups is 1. The summed E-state index contributed by atoms with van der Waals surface area (Å²) in [6, 6.07) is 17.1. The first-order valence-corrected chi connectivity index (χ1v) is 9.99. The monoisotopic (exact) mass is 348 g/mol. The number of rotatable bonds is 5. The Bertz CT molecular complexity index is 758. The number of carbonyl (C=O) groups excluding carboxylic acids is 1. The normalized spacial score (nSPS) is 27.3. The van der Waals surface area contributed by atoms with E-state index in [1.807, 2.05) is 25.1 Å². The molecule has 0 saturated heterocycles. The zero-order valence-electron chi connectivity index (χ0n) is 15.5. The minimum Gasteiger partial charge on any atom is -0.352 e. The first kappa shape index (κ1) is 17.3. The molecule has 0 aliphatic heterocycles. The molecule has 2 unspecified atom stereocenters. The first-order valence-electron chi connectivity index (χ1n) is 9.99. The summed E-state index contributed by atoms with van der Waals surface area (Å²) in [4.78, 5) is 17.1. The van der Waals surface area contributed by atoms with E-state index in [1.165, 1.54) is 31.2 Å². The SMILES string of the molecule is Cc1cccc(CCC(=O)N[C@H]2C3CCCCC3[C@@H]2c2ccccc2)n1. The molecule has 1 aromatic carbocycles. The molecule has 2 aliphatic carbocycles. The van der Waals surface area contributed by atoms with Crippen molar-refractivity contribution in [2.75, 3.05) is 0 Å². The van der Waals surface area contributed by atoms with E-state index >= 15 is 0 Å². The van der Waals surface area contributed by atoms with E-state index in [2.05, 4.69) is 40.6 Å². The lowest BCUT2D eigenvalue weighted by atomic mass is 9.53. The fraction of sp³-hybridized carbons (Fsp3) is 0.478. The first-order chi connectivity index (χ1) is 12.7. The van der Waals surface area contributed by atoms with Gasteiger partial charge in [-0.1, -0.05) is 49.2 Å². The summed E-state index contributed by atoms with van der Waals surface area (Å²) in [6.07, 6.45) is 6.45. The fourth-order valence-electron chi connectivity index (χ4n) is 5.03. The van der Waals surface area contributed by atoms with Crippen LogP contribution in [0.2, 0.25) is 0 Å². The van der Waals surface area contributed by atoms with Crippen LogP contribution < -0.4 is 5.32 Å². The van der Waals surface area contributed by atoms with Gasteiger partial charge in [0, 0.05) is 29.8 Å². The minimum absolute atomic E-state index is 0.170. The summed E-state index contributed by atoms with van der Waals surface area (Å²) in [5.41, 5.74) is 3.40. The molecule has 1 aromatic heterocycles. The van der Waals surface area contributed by atoms with Gasteiger partial charge in [-0.3, -0.25) is 9.78 Å². The Labute approximate surface area is 156 Å². The highest BCUT2D eigenvalue weighted by molar-refractivity contribution is 5.77. The largest absolute Gasteiger partial charge is 0.352 e. The highest BCUT2D eigenvalue weighted by Gasteiger charge is 2.51. The second-order valence-corrected chi connectivity index (χ2v) is 7.91. The molecule has 4 rings (SSSR count). The topological polar surface area (TPSA) is 42.0 Å². The Morgan fingerprint density at radius 2 is 1.81 bits per heavy atom. The molecule has 26 heavy (non-hydrogen) atoms. The number of fused-ring (bicyclic) bond motifs is 1. The summed E-state index contributed by atoms with van der Waals surface area (Å²) in [7, 11) is 0. The molecule has 136 valence electrons. The Balaban J connectivity index is 1.41. The van der Waals surface area contributed by atoms with Gasteiger partial charge in [0.05, 0.1) is 0 Å². The molecule has 3 nitrogen and oxygen atoms in total. The lowest BCUT2D eigenvalue weighted by molar-refractivity contribution is -0.124. The van der Waals surface area contributed by atoms with Gasteiger partial charge >= 0.3 is 0 Å². The fourth-order valence-corrected chi connectivity index (χ4v) is 5.03. The number of aromatic nitrogens is 1. The lowest BCUT2D eigenvalue weighted by Gasteiger charge is -2.55. The zero-order valence-corrected chi connectivity index (χ0v) is 15.5. The maximum atomic E-state index is 12.6. The van der Waals surface area contributed by atoms with Crippen LogP contribution in [0, 0.1) is 18.8 Å². The van der Waals surface area contributed by atoms with Crippen molar-refractivity contribution in [2.45, 2.75) is 57.4 Å². The number of amides is 1. The average Bonchev–Trinajstić information content (AvgIpc) is 2.66. The summed E-state index contributed by atoms with van der Waals surface area (Å²) in [6.45, 7) is 1.99. The Hall–Kier alpha value is -2.16. The predicted molar refractivity (Wildman–Crippen MR) is 104 cm³/mol. The van der Waals surface area contributed by atoms with Crippen LogP contribution >= 0.6 is 0 Å². The van der Waals surface area contributed by atoms with Crippen molar-refractivity contribution in [1.82, 2.24) is 10.3 Å². The van der Waals surface area contributed by atoms with Crippen LogP contribution in [0.5, 0.6) is 0 Å². The quantitative estimate of drug-likeness (QED) is 0.869. The van der Waals surface area contributed by atoms with Gasteiger partial charge in [-0.2, -0.15) is 0 Å². The predicted octanol–water partition coefficient (Wildman–Crippen LogP) is 4.41. The third kappa shape index (κ3) is 3.53. The van der Waals surface area contributed by atoms with E-state index in [0.717, 1.165) is 17.3 Å². The summed E-state index contributed by atoms with van der Waals surface area (Å²) < 4.78 is 0. The van der Waals surface area contributed by atoms with Crippen molar-refractivity contribution in [3.8, 4) is 0 Å². The number of nitrogens with one attached hydrogen (secondary N) is 1. The molecular weight excluding hydrogens is 320 g/mol. The average molecular weight is 348 g/mol. The standard InChI is InChI=1S/C23H28N2O/c1-16-8-7-11-18(24-16)14-15-21(26)25-23-20-13-6-5-12-19(20)22(23)17-9-3-2-4-10-17/h2-4,7-11,19-20,22-23H,5-6,12-15H2,1H3,(H,25,26)/t19?,20?,22-,23-/m0/s1. The van der Waals surface area contributed by atoms with Crippen molar-refractivity contribution in [1.29, 1.82) is 0 Å². The van der Waals surface area contributed by atoms with Crippen LogP contribution in [0.1, 0.15) is 55.0 Å². The summed E-state index contributed by atoms with van der Waals surface area (Å²) >= 11 is 0. The molecule has 2 fully saturated rings. The van der Waals surface area contributed by atoms with E-state index in [1.54, 1.807) is 0 Å². The molecule has 2 saturated carbocycles. The molecule has 1 amide bonds. The van der Waals surface area contributed by atoms with Crippen LogP contribution in [0.3, 0.4) is 0 Å². The van der Waals surface area contributed by atoms with E-state index < -0.39 is 0 Å². The number of hydrogen-bond donors (Lipinski definition) is 1. The van der Waals surface area contributed by atoms with Gasteiger partial charge in [-0.25, -0.2) is 0 Å². The van der Waals surface area contributed by atoms with Crippen molar-refractivity contribution in [3.05, 3.63) is 65.5 Å². The number of hydrogen-bond acceptors (Lipinski definition) is 2. The molecule has 0 bridgehead atoms. The van der Waals surface area contributed by atoms with Crippen LogP contribution in [0.15, 0.2) is 48.5 Å². The molecule has 2 aliphatic rings. The van der Waals surface area contributed by atoms with Crippen LogP contribution in [-0.4, -0.2) is 16.9 Å². The minimum atomic E-state index is 0.170. The van der Waals surface area contributed by atoms with Crippen molar-refractivity contribution < 1.29 is 4.79 Å². The lowest BCUT2D eigenvalue weighted by Crippen LogP contribution is -2.59. The van der Waals surface area contributed by atoms with Crippen LogP contribution in [0.4, 0.5) is 0 Å². The molecule has 0 radical (unpaired) electrons.